The molecule has 80 valence electrons. The van der Waals surface area contributed by atoms with E-state index in [9.17, 15) is 9.59 Å². The Bertz CT molecular complexity index is 230. The van der Waals surface area contributed by atoms with Crippen LogP contribution >= 0.6 is 0 Å². The van der Waals surface area contributed by atoms with Crippen molar-refractivity contribution < 1.29 is 19.8 Å². The molecule has 0 aromatic carbocycles. The lowest BCUT2D eigenvalue weighted by Gasteiger charge is -2.00. The molecule has 0 aromatic heterocycles. The van der Waals surface area contributed by atoms with Crippen molar-refractivity contribution in [3.05, 3.63) is 11.6 Å². The minimum atomic E-state index is -0.884. The molecule has 4 nitrogen and oxygen atoms in total. The standard InChI is InChI=1S/C10H16O4/c1-2-8(10(13)14)6-4-3-5-7-9(11)12/h2H,3-7H2,1H3,(H,11,12)(H,13,14). The summed E-state index contributed by atoms with van der Waals surface area (Å²) in [4.78, 5) is 20.7. The maximum Gasteiger partial charge on any atom is 0.331 e. The molecular formula is C10H16O4. The number of unbranched alkanes of at least 4 members (excludes halogenated alkanes) is 2. The van der Waals surface area contributed by atoms with Crippen molar-refractivity contribution in [3.8, 4) is 0 Å². The topological polar surface area (TPSA) is 74.6 Å². The van der Waals surface area contributed by atoms with Crippen LogP contribution in [0.1, 0.15) is 39.0 Å². The molecule has 0 unspecified atom stereocenters. The summed E-state index contributed by atoms with van der Waals surface area (Å²) in [6.45, 7) is 1.70. The normalized spacial score (nSPS) is 11.4. The average molecular weight is 200 g/mol. The van der Waals surface area contributed by atoms with Crippen LogP contribution in [0.2, 0.25) is 0 Å². The number of hydrogen-bond donors (Lipinski definition) is 2. The second-order valence-corrected chi connectivity index (χ2v) is 3.07. The van der Waals surface area contributed by atoms with E-state index in [-0.39, 0.29) is 6.42 Å². The van der Waals surface area contributed by atoms with E-state index in [1.54, 1.807) is 13.0 Å². The molecule has 0 fully saturated rings. The van der Waals surface area contributed by atoms with Crippen LogP contribution in [0.5, 0.6) is 0 Å². The van der Waals surface area contributed by atoms with E-state index < -0.39 is 11.9 Å². The van der Waals surface area contributed by atoms with Crippen LogP contribution in [0.15, 0.2) is 11.6 Å². The van der Waals surface area contributed by atoms with Gasteiger partial charge in [0.15, 0.2) is 0 Å². The van der Waals surface area contributed by atoms with Crippen molar-refractivity contribution in [1.82, 2.24) is 0 Å². The minimum absolute atomic E-state index is 0.165. The van der Waals surface area contributed by atoms with E-state index in [0.29, 0.717) is 18.4 Å². The first-order chi connectivity index (χ1) is 6.57. The third-order valence-electron chi connectivity index (χ3n) is 1.96. The fourth-order valence-electron chi connectivity index (χ4n) is 1.14. The first kappa shape index (κ1) is 12.7. The zero-order valence-corrected chi connectivity index (χ0v) is 8.32. The van der Waals surface area contributed by atoms with Gasteiger partial charge in [0, 0.05) is 12.0 Å². The van der Waals surface area contributed by atoms with Crippen LogP contribution in [0.4, 0.5) is 0 Å². The van der Waals surface area contributed by atoms with Gasteiger partial charge < -0.3 is 10.2 Å². The summed E-state index contributed by atoms with van der Waals surface area (Å²) in [6, 6.07) is 0. The first-order valence-electron chi connectivity index (χ1n) is 4.68. The predicted molar refractivity (Wildman–Crippen MR) is 52.1 cm³/mol. The number of carboxylic acids is 2. The van der Waals surface area contributed by atoms with Crippen LogP contribution in [0.3, 0.4) is 0 Å². The number of aliphatic carboxylic acids is 2. The average Bonchev–Trinajstić information content (AvgIpc) is 2.10. The van der Waals surface area contributed by atoms with E-state index in [1.165, 1.54) is 0 Å². The molecule has 4 heteroatoms. The van der Waals surface area contributed by atoms with Gasteiger partial charge in [-0.05, 0) is 26.2 Å². The number of carbonyl (C=O) groups is 2. The molecule has 0 saturated heterocycles. The van der Waals surface area contributed by atoms with Gasteiger partial charge >= 0.3 is 11.9 Å². The summed E-state index contributed by atoms with van der Waals surface area (Å²) in [7, 11) is 0. The SMILES string of the molecule is CC=C(CCCCCC(=O)O)C(=O)O. The molecule has 0 heterocycles. The summed E-state index contributed by atoms with van der Waals surface area (Å²) in [5.74, 6) is -1.68. The lowest BCUT2D eigenvalue weighted by atomic mass is 10.1. The Hall–Kier alpha value is -1.32. The molecule has 0 bridgehead atoms. The van der Waals surface area contributed by atoms with E-state index in [4.69, 9.17) is 10.2 Å². The Balaban J connectivity index is 3.53. The predicted octanol–water partition coefficient (Wildman–Crippen LogP) is 2.05. The molecule has 14 heavy (non-hydrogen) atoms. The third-order valence-corrected chi connectivity index (χ3v) is 1.96. The Labute approximate surface area is 83.2 Å². The van der Waals surface area contributed by atoms with Crippen LogP contribution < -0.4 is 0 Å². The van der Waals surface area contributed by atoms with Crippen LogP contribution in [0, 0.1) is 0 Å². The molecule has 0 spiro atoms. The number of rotatable bonds is 7. The zero-order valence-electron chi connectivity index (χ0n) is 8.32. The maximum absolute atomic E-state index is 10.5. The van der Waals surface area contributed by atoms with E-state index in [2.05, 4.69) is 0 Å². The van der Waals surface area contributed by atoms with Gasteiger partial charge in [-0.3, -0.25) is 4.79 Å². The zero-order chi connectivity index (χ0) is 11.0. The highest BCUT2D eigenvalue weighted by molar-refractivity contribution is 5.86. The Kier molecular flexibility index (Phi) is 6.45. The molecule has 0 amide bonds. The number of carboxylic acid groups (broad SMARTS) is 2. The van der Waals surface area contributed by atoms with Crippen molar-refractivity contribution in [2.24, 2.45) is 0 Å². The maximum atomic E-state index is 10.5. The molecule has 0 atom stereocenters. The molecule has 0 radical (unpaired) electrons. The number of hydrogen-bond acceptors (Lipinski definition) is 2. The third kappa shape index (κ3) is 6.22. The molecule has 2 N–H and O–H groups in total. The summed E-state index contributed by atoms with van der Waals surface area (Å²) in [5.41, 5.74) is 0.403. The fraction of sp³-hybridized carbons (Fsp3) is 0.600. The lowest BCUT2D eigenvalue weighted by molar-refractivity contribution is -0.137. The summed E-state index contributed by atoms with van der Waals surface area (Å²) >= 11 is 0. The van der Waals surface area contributed by atoms with Crippen molar-refractivity contribution in [2.45, 2.75) is 39.0 Å². The molecule has 0 saturated carbocycles. The van der Waals surface area contributed by atoms with Crippen molar-refractivity contribution in [1.29, 1.82) is 0 Å². The number of allylic oxidation sites excluding steroid dienone is 1. The lowest BCUT2D eigenvalue weighted by Crippen LogP contribution is -2.00. The highest BCUT2D eigenvalue weighted by Crippen LogP contribution is 2.10. The van der Waals surface area contributed by atoms with Crippen molar-refractivity contribution in [3.63, 3.8) is 0 Å². The summed E-state index contributed by atoms with van der Waals surface area (Å²) in [5, 5.41) is 17.0. The molecule has 0 aromatic rings. The Morgan fingerprint density at radius 1 is 1.07 bits per heavy atom. The van der Waals surface area contributed by atoms with Gasteiger partial charge in [0.25, 0.3) is 0 Å². The van der Waals surface area contributed by atoms with Gasteiger partial charge in [-0.2, -0.15) is 0 Å². The van der Waals surface area contributed by atoms with Crippen molar-refractivity contribution in [2.75, 3.05) is 0 Å². The van der Waals surface area contributed by atoms with Crippen LogP contribution in [0.25, 0.3) is 0 Å². The summed E-state index contributed by atoms with van der Waals surface area (Å²) in [6.07, 6.45) is 4.38. The van der Waals surface area contributed by atoms with Gasteiger partial charge in [-0.15, -0.1) is 0 Å². The van der Waals surface area contributed by atoms with Crippen molar-refractivity contribution >= 4 is 11.9 Å². The highest BCUT2D eigenvalue weighted by atomic mass is 16.4. The van der Waals surface area contributed by atoms with Gasteiger partial charge in [0.05, 0.1) is 0 Å². The van der Waals surface area contributed by atoms with E-state index in [0.717, 1.165) is 12.8 Å². The van der Waals surface area contributed by atoms with E-state index in [1.807, 2.05) is 0 Å². The second kappa shape index (κ2) is 7.12. The Morgan fingerprint density at radius 2 is 1.64 bits per heavy atom. The van der Waals surface area contributed by atoms with Crippen LogP contribution in [-0.2, 0) is 9.59 Å². The summed E-state index contributed by atoms with van der Waals surface area (Å²) < 4.78 is 0. The fourth-order valence-corrected chi connectivity index (χ4v) is 1.14. The van der Waals surface area contributed by atoms with Gasteiger partial charge in [-0.25, -0.2) is 4.79 Å². The monoisotopic (exact) mass is 200 g/mol. The van der Waals surface area contributed by atoms with Crippen LogP contribution in [-0.4, -0.2) is 22.2 Å². The quantitative estimate of drug-likeness (QED) is 0.487. The molecule has 0 aliphatic heterocycles. The largest absolute Gasteiger partial charge is 0.481 e. The molecule has 0 aliphatic rings. The second-order valence-electron chi connectivity index (χ2n) is 3.07. The molecule has 0 rings (SSSR count). The van der Waals surface area contributed by atoms with Gasteiger partial charge in [0.2, 0.25) is 0 Å². The smallest absolute Gasteiger partial charge is 0.331 e. The molecular weight excluding hydrogens is 184 g/mol. The van der Waals surface area contributed by atoms with Gasteiger partial charge in [0.1, 0.15) is 0 Å². The highest BCUT2D eigenvalue weighted by Gasteiger charge is 2.05. The van der Waals surface area contributed by atoms with Gasteiger partial charge in [-0.1, -0.05) is 12.5 Å². The van der Waals surface area contributed by atoms with E-state index >= 15 is 0 Å². The molecule has 0 aliphatic carbocycles. The first-order valence-corrected chi connectivity index (χ1v) is 4.68. The minimum Gasteiger partial charge on any atom is -0.481 e. The Morgan fingerprint density at radius 3 is 2.07 bits per heavy atom.